The predicted octanol–water partition coefficient (Wildman–Crippen LogP) is 1.64. The highest BCUT2D eigenvalue weighted by molar-refractivity contribution is 7.80. The van der Waals surface area contributed by atoms with Crippen LogP contribution in [0.1, 0.15) is 18.4 Å². The number of dihydropyridines is 1. The van der Waals surface area contributed by atoms with E-state index in [1.54, 1.807) is 24.4 Å². The van der Waals surface area contributed by atoms with Crippen molar-refractivity contribution in [2.45, 2.75) is 12.8 Å². The highest BCUT2D eigenvalue weighted by atomic mass is 32.1. The smallest absolute Gasteiger partial charge is 0.249 e. The standard InChI is InChI=1S/C18H22FN3O2S/c19-16-5-3-13(4-6-16)14-10-15(12-20-11-14)18(24)22-8-7-21-17(23)2-1-9-25/h3-6,10-11,20,25H,1-2,7-9,12H2,(H,21,23)(H,22,24). The van der Waals surface area contributed by atoms with Crippen molar-refractivity contribution in [1.29, 1.82) is 0 Å². The maximum atomic E-state index is 13.0. The minimum atomic E-state index is -0.300. The van der Waals surface area contributed by atoms with E-state index in [1.165, 1.54) is 12.1 Å². The average molecular weight is 363 g/mol. The summed E-state index contributed by atoms with van der Waals surface area (Å²) in [6.45, 7) is 1.17. The third kappa shape index (κ3) is 6.26. The summed E-state index contributed by atoms with van der Waals surface area (Å²) < 4.78 is 13.0. The highest BCUT2D eigenvalue weighted by Gasteiger charge is 2.13. The number of carbonyl (C=O) groups excluding carboxylic acids is 2. The molecule has 0 fully saturated rings. The number of thiol groups is 1. The number of benzene rings is 1. The van der Waals surface area contributed by atoms with Crippen molar-refractivity contribution in [1.82, 2.24) is 16.0 Å². The minimum Gasteiger partial charge on any atom is -0.386 e. The second-order valence-electron chi connectivity index (χ2n) is 5.59. The lowest BCUT2D eigenvalue weighted by Gasteiger charge is -2.16. The van der Waals surface area contributed by atoms with E-state index in [4.69, 9.17) is 0 Å². The molecule has 25 heavy (non-hydrogen) atoms. The predicted molar refractivity (Wildman–Crippen MR) is 99.6 cm³/mol. The zero-order valence-corrected chi connectivity index (χ0v) is 14.7. The summed E-state index contributed by atoms with van der Waals surface area (Å²) in [5.74, 6) is 0.148. The van der Waals surface area contributed by atoms with E-state index < -0.39 is 0 Å². The van der Waals surface area contributed by atoms with Gasteiger partial charge in [0.15, 0.2) is 0 Å². The topological polar surface area (TPSA) is 70.2 Å². The molecule has 2 amide bonds. The lowest BCUT2D eigenvalue weighted by Crippen LogP contribution is -2.37. The van der Waals surface area contributed by atoms with Gasteiger partial charge in [0.25, 0.3) is 0 Å². The van der Waals surface area contributed by atoms with Crippen molar-refractivity contribution in [2.75, 3.05) is 25.4 Å². The number of allylic oxidation sites excluding steroid dienone is 2. The van der Waals surface area contributed by atoms with E-state index in [9.17, 15) is 14.0 Å². The Balaban J connectivity index is 1.82. The fraction of sp³-hybridized carbons (Fsp3) is 0.333. The van der Waals surface area contributed by atoms with Crippen molar-refractivity contribution < 1.29 is 14.0 Å². The third-order valence-corrected chi connectivity index (χ3v) is 3.96. The molecule has 0 aromatic heterocycles. The molecule has 1 aromatic carbocycles. The Hall–Kier alpha value is -2.28. The Morgan fingerprint density at radius 1 is 1.16 bits per heavy atom. The number of hydrogen-bond acceptors (Lipinski definition) is 4. The quantitative estimate of drug-likeness (QED) is 0.419. The molecule has 5 nitrogen and oxygen atoms in total. The largest absolute Gasteiger partial charge is 0.386 e. The van der Waals surface area contributed by atoms with Gasteiger partial charge < -0.3 is 16.0 Å². The van der Waals surface area contributed by atoms with Gasteiger partial charge >= 0.3 is 0 Å². The summed E-state index contributed by atoms with van der Waals surface area (Å²) in [7, 11) is 0. The van der Waals surface area contributed by atoms with Gasteiger partial charge in [0.1, 0.15) is 5.82 Å². The summed E-state index contributed by atoms with van der Waals surface area (Å²) in [6, 6.07) is 6.10. The second-order valence-corrected chi connectivity index (χ2v) is 6.04. The van der Waals surface area contributed by atoms with E-state index in [0.29, 0.717) is 37.4 Å². The fourth-order valence-corrected chi connectivity index (χ4v) is 2.48. The van der Waals surface area contributed by atoms with E-state index in [1.807, 2.05) is 0 Å². The van der Waals surface area contributed by atoms with Crippen molar-refractivity contribution in [3.05, 3.63) is 53.5 Å². The van der Waals surface area contributed by atoms with Crippen LogP contribution in [0.15, 0.2) is 42.1 Å². The molecule has 2 rings (SSSR count). The monoisotopic (exact) mass is 363 g/mol. The Bertz CT molecular complexity index is 671. The van der Waals surface area contributed by atoms with Crippen LogP contribution in [-0.4, -0.2) is 37.2 Å². The van der Waals surface area contributed by atoms with Gasteiger partial charge in [-0.25, -0.2) is 4.39 Å². The van der Waals surface area contributed by atoms with Gasteiger partial charge in [-0.2, -0.15) is 12.6 Å². The van der Waals surface area contributed by atoms with Crippen LogP contribution in [0, 0.1) is 5.82 Å². The first-order valence-corrected chi connectivity index (χ1v) is 8.79. The molecule has 0 atom stereocenters. The number of rotatable bonds is 8. The molecular weight excluding hydrogens is 341 g/mol. The Morgan fingerprint density at radius 3 is 2.60 bits per heavy atom. The van der Waals surface area contributed by atoms with Crippen LogP contribution >= 0.6 is 12.6 Å². The average Bonchev–Trinajstić information content (AvgIpc) is 2.64. The molecule has 0 bridgehead atoms. The van der Waals surface area contributed by atoms with Crippen LogP contribution in [0.5, 0.6) is 0 Å². The molecule has 1 aliphatic heterocycles. The minimum absolute atomic E-state index is 0.0385. The van der Waals surface area contributed by atoms with Gasteiger partial charge in [-0.15, -0.1) is 0 Å². The molecule has 0 radical (unpaired) electrons. The summed E-state index contributed by atoms with van der Waals surface area (Å²) in [5.41, 5.74) is 2.23. The van der Waals surface area contributed by atoms with Crippen LogP contribution in [-0.2, 0) is 9.59 Å². The summed E-state index contributed by atoms with van der Waals surface area (Å²) >= 11 is 4.06. The normalized spacial score (nSPS) is 13.4. The third-order valence-electron chi connectivity index (χ3n) is 3.64. The Labute approximate surface area is 152 Å². The Morgan fingerprint density at radius 2 is 1.88 bits per heavy atom. The molecule has 3 N–H and O–H groups in total. The first kappa shape index (κ1) is 19.1. The molecule has 7 heteroatoms. The highest BCUT2D eigenvalue weighted by Crippen LogP contribution is 2.19. The van der Waals surface area contributed by atoms with Crippen molar-refractivity contribution in [3.8, 4) is 0 Å². The van der Waals surface area contributed by atoms with E-state index >= 15 is 0 Å². The number of hydrogen-bond donors (Lipinski definition) is 4. The molecular formula is C18H22FN3O2S. The lowest BCUT2D eigenvalue weighted by molar-refractivity contribution is -0.121. The molecule has 0 aliphatic carbocycles. The molecule has 0 unspecified atom stereocenters. The summed E-state index contributed by atoms with van der Waals surface area (Å²) in [6.07, 6.45) is 4.76. The molecule has 0 saturated carbocycles. The van der Waals surface area contributed by atoms with Gasteiger partial charge in [0, 0.05) is 37.8 Å². The van der Waals surface area contributed by atoms with Gasteiger partial charge in [-0.1, -0.05) is 12.1 Å². The molecule has 1 aromatic rings. The molecule has 0 spiro atoms. The number of nitrogens with one attached hydrogen (secondary N) is 3. The van der Waals surface area contributed by atoms with Crippen LogP contribution in [0.3, 0.4) is 0 Å². The number of carbonyl (C=O) groups is 2. The zero-order valence-electron chi connectivity index (χ0n) is 13.8. The zero-order chi connectivity index (χ0) is 18.1. The molecule has 1 aliphatic rings. The summed E-state index contributed by atoms with van der Waals surface area (Å²) in [5, 5.41) is 8.58. The molecule has 134 valence electrons. The van der Waals surface area contributed by atoms with Gasteiger partial charge in [0.05, 0.1) is 0 Å². The van der Waals surface area contributed by atoms with Crippen molar-refractivity contribution >= 4 is 30.0 Å². The van der Waals surface area contributed by atoms with Gasteiger partial charge in [-0.05, 0) is 41.5 Å². The van der Waals surface area contributed by atoms with E-state index in [0.717, 1.165) is 17.6 Å². The number of halogens is 1. The fourth-order valence-electron chi connectivity index (χ4n) is 2.33. The first-order valence-electron chi connectivity index (χ1n) is 8.16. The van der Waals surface area contributed by atoms with E-state index in [2.05, 4.69) is 28.6 Å². The van der Waals surface area contributed by atoms with Crippen molar-refractivity contribution in [3.63, 3.8) is 0 Å². The maximum Gasteiger partial charge on any atom is 0.249 e. The SMILES string of the molecule is O=C(CCCS)NCCNC(=O)C1=CC(c2ccc(F)cc2)=CNC1. The summed E-state index contributed by atoms with van der Waals surface area (Å²) in [4.78, 5) is 23.7. The lowest BCUT2D eigenvalue weighted by atomic mass is 10.0. The van der Waals surface area contributed by atoms with Crippen LogP contribution in [0.4, 0.5) is 4.39 Å². The van der Waals surface area contributed by atoms with Gasteiger partial charge in [0.2, 0.25) is 11.8 Å². The second kappa shape index (κ2) is 9.88. The molecule has 0 saturated heterocycles. The van der Waals surface area contributed by atoms with Crippen molar-refractivity contribution in [2.24, 2.45) is 0 Å². The maximum absolute atomic E-state index is 13.0. The van der Waals surface area contributed by atoms with Crippen LogP contribution in [0.2, 0.25) is 0 Å². The van der Waals surface area contributed by atoms with Gasteiger partial charge in [-0.3, -0.25) is 9.59 Å². The van der Waals surface area contributed by atoms with E-state index in [-0.39, 0.29) is 17.6 Å². The number of amides is 2. The molecule has 1 heterocycles. The van der Waals surface area contributed by atoms with Crippen LogP contribution < -0.4 is 16.0 Å². The first-order chi connectivity index (χ1) is 12.1. The Kier molecular flexibility index (Phi) is 7.53. The van der Waals surface area contributed by atoms with Crippen LogP contribution in [0.25, 0.3) is 5.57 Å².